The summed E-state index contributed by atoms with van der Waals surface area (Å²) in [4.78, 5) is 21.6. The molecule has 0 aliphatic heterocycles. The Balaban J connectivity index is 2.56. The van der Waals surface area contributed by atoms with E-state index in [1.807, 2.05) is 6.92 Å². The third kappa shape index (κ3) is 6.22. The molecule has 0 unspecified atom stereocenters. The molecule has 0 aliphatic carbocycles. The van der Waals surface area contributed by atoms with Crippen molar-refractivity contribution in [3.05, 3.63) is 41.3 Å². The number of ether oxygens (including phenoxy) is 1. The molecular weight excluding hydrogens is 296 g/mol. The van der Waals surface area contributed by atoms with E-state index in [9.17, 15) is 18.0 Å². The predicted octanol–water partition coefficient (Wildman–Crippen LogP) is 1.69. The number of hydrogen-bond acceptors (Lipinski definition) is 5. The largest absolute Gasteiger partial charge is 0.481 e. The van der Waals surface area contributed by atoms with Crippen molar-refractivity contribution >= 4 is 21.8 Å². The van der Waals surface area contributed by atoms with Gasteiger partial charge in [0.1, 0.15) is 0 Å². The first kappa shape index (κ1) is 16.9. The van der Waals surface area contributed by atoms with Gasteiger partial charge in [0.05, 0.1) is 11.5 Å². The van der Waals surface area contributed by atoms with Gasteiger partial charge in [-0.1, -0.05) is 17.7 Å². The van der Waals surface area contributed by atoms with Crippen LogP contribution in [0.4, 0.5) is 0 Å². The smallest absolute Gasteiger partial charge is 0.331 e. The van der Waals surface area contributed by atoms with Gasteiger partial charge in [0, 0.05) is 17.9 Å². The molecule has 1 aromatic rings. The zero-order chi connectivity index (χ0) is 15.9. The molecule has 1 aromatic carbocycles. The number of esters is 1. The third-order valence-corrected chi connectivity index (χ3v) is 3.94. The average molecular weight is 312 g/mol. The van der Waals surface area contributed by atoms with Gasteiger partial charge >= 0.3 is 11.9 Å². The van der Waals surface area contributed by atoms with E-state index in [-0.39, 0.29) is 24.3 Å². The SMILES string of the molecule is Cc1ccc(S(=O)(=O)/C=C/C(=O)OCCCC(=O)O)cc1. The van der Waals surface area contributed by atoms with Gasteiger partial charge in [0.25, 0.3) is 0 Å². The van der Waals surface area contributed by atoms with Crippen LogP contribution in [0, 0.1) is 6.92 Å². The van der Waals surface area contributed by atoms with Crippen molar-refractivity contribution in [3.8, 4) is 0 Å². The van der Waals surface area contributed by atoms with Crippen molar-refractivity contribution in [1.29, 1.82) is 0 Å². The Hall–Kier alpha value is -2.15. The van der Waals surface area contributed by atoms with E-state index in [0.29, 0.717) is 0 Å². The van der Waals surface area contributed by atoms with Crippen LogP contribution >= 0.6 is 0 Å². The van der Waals surface area contributed by atoms with Crippen LogP contribution in [0.5, 0.6) is 0 Å². The molecule has 0 atom stereocenters. The Morgan fingerprint density at radius 1 is 1.24 bits per heavy atom. The van der Waals surface area contributed by atoms with E-state index < -0.39 is 21.8 Å². The lowest BCUT2D eigenvalue weighted by Gasteiger charge is -2.01. The fraction of sp³-hybridized carbons (Fsp3) is 0.286. The first-order valence-electron chi connectivity index (χ1n) is 6.19. The fourth-order valence-electron chi connectivity index (χ4n) is 1.40. The van der Waals surface area contributed by atoms with Crippen molar-refractivity contribution in [1.82, 2.24) is 0 Å². The number of carbonyl (C=O) groups is 2. The van der Waals surface area contributed by atoms with Crippen LogP contribution in [0.1, 0.15) is 18.4 Å². The molecule has 1 N–H and O–H groups in total. The maximum atomic E-state index is 11.9. The van der Waals surface area contributed by atoms with Gasteiger partial charge < -0.3 is 9.84 Å². The molecule has 114 valence electrons. The zero-order valence-electron chi connectivity index (χ0n) is 11.5. The molecule has 0 heterocycles. The summed E-state index contributed by atoms with van der Waals surface area (Å²) >= 11 is 0. The second-order valence-corrected chi connectivity index (χ2v) is 6.16. The first-order valence-corrected chi connectivity index (χ1v) is 7.74. The van der Waals surface area contributed by atoms with E-state index in [1.165, 1.54) is 12.1 Å². The van der Waals surface area contributed by atoms with Crippen LogP contribution in [0.15, 0.2) is 40.6 Å². The molecule has 0 aliphatic rings. The molecule has 0 spiro atoms. The van der Waals surface area contributed by atoms with Crippen molar-refractivity contribution in [3.63, 3.8) is 0 Å². The molecule has 0 saturated heterocycles. The molecule has 0 aromatic heterocycles. The monoisotopic (exact) mass is 312 g/mol. The highest BCUT2D eigenvalue weighted by Crippen LogP contribution is 2.13. The van der Waals surface area contributed by atoms with Gasteiger partial charge in [-0.05, 0) is 25.5 Å². The number of sulfone groups is 1. The van der Waals surface area contributed by atoms with Crippen LogP contribution in [0.3, 0.4) is 0 Å². The standard InChI is InChI=1S/C14H16O6S/c1-11-4-6-12(7-5-11)21(18,19)10-8-14(17)20-9-2-3-13(15)16/h4-8,10H,2-3,9H2,1H3,(H,15,16)/b10-8+. The summed E-state index contributed by atoms with van der Waals surface area (Å²) in [6.45, 7) is 1.76. The van der Waals surface area contributed by atoms with Crippen molar-refractivity contribution in [2.45, 2.75) is 24.7 Å². The minimum absolute atomic E-state index is 0.0694. The number of aryl methyl sites for hydroxylation is 1. The Bertz CT molecular complexity index is 628. The quantitative estimate of drug-likeness (QED) is 0.467. The van der Waals surface area contributed by atoms with Crippen LogP contribution in [-0.4, -0.2) is 32.1 Å². The van der Waals surface area contributed by atoms with Crippen molar-refractivity contribution < 1.29 is 27.9 Å². The number of aliphatic carboxylic acids is 1. The first-order chi connectivity index (χ1) is 9.81. The average Bonchev–Trinajstić information content (AvgIpc) is 2.42. The molecule has 0 fully saturated rings. The summed E-state index contributed by atoms with van der Waals surface area (Å²) in [6, 6.07) is 6.22. The topological polar surface area (TPSA) is 97.7 Å². The number of hydrogen-bond donors (Lipinski definition) is 1. The maximum absolute atomic E-state index is 11.9. The van der Waals surface area contributed by atoms with Crippen LogP contribution in [-0.2, 0) is 24.2 Å². The Kier molecular flexibility index (Phi) is 6.10. The summed E-state index contributed by atoms with van der Waals surface area (Å²) in [5.74, 6) is -1.81. The van der Waals surface area contributed by atoms with Gasteiger partial charge in [-0.2, -0.15) is 0 Å². The number of carboxylic acids is 1. The van der Waals surface area contributed by atoms with E-state index in [4.69, 9.17) is 5.11 Å². The molecule has 0 saturated carbocycles. The highest BCUT2D eigenvalue weighted by Gasteiger charge is 2.10. The third-order valence-electron chi connectivity index (χ3n) is 2.51. The lowest BCUT2D eigenvalue weighted by Crippen LogP contribution is -2.06. The number of rotatable bonds is 7. The minimum atomic E-state index is -3.69. The highest BCUT2D eigenvalue weighted by atomic mass is 32.2. The van der Waals surface area contributed by atoms with E-state index in [0.717, 1.165) is 17.0 Å². The summed E-state index contributed by atoms with van der Waals surface area (Å²) in [5.41, 5.74) is 0.927. The van der Waals surface area contributed by atoms with Gasteiger partial charge in [0.15, 0.2) is 9.84 Å². The Labute approximate surface area is 123 Å². The lowest BCUT2D eigenvalue weighted by atomic mass is 10.2. The Morgan fingerprint density at radius 3 is 2.43 bits per heavy atom. The molecule has 1 rings (SSSR count). The Morgan fingerprint density at radius 2 is 1.86 bits per heavy atom. The fourth-order valence-corrected chi connectivity index (χ4v) is 2.36. The summed E-state index contributed by atoms with van der Waals surface area (Å²) in [6.07, 6.45) is 0.883. The molecule has 21 heavy (non-hydrogen) atoms. The van der Waals surface area contributed by atoms with Crippen LogP contribution in [0.25, 0.3) is 0 Å². The number of carboxylic acid groups (broad SMARTS) is 1. The predicted molar refractivity (Wildman–Crippen MR) is 75.3 cm³/mol. The van der Waals surface area contributed by atoms with Crippen LogP contribution in [0.2, 0.25) is 0 Å². The van der Waals surface area contributed by atoms with E-state index in [2.05, 4.69) is 4.74 Å². The zero-order valence-corrected chi connectivity index (χ0v) is 12.3. The normalized spacial score (nSPS) is 11.5. The van der Waals surface area contributed by atoms with E-state index >= 15 is 0 Å². The summed E-state index contributed by atoms with van der Waals surface area (Å²) < 4.78 is 28.5. The van der Waals surface area contributed by atoms with Gasteiger partial charge in [-0.3, -0.25) is 4.79 Å². The van der Waals surface area contributed by atoms with Gasteiger partial charge in [-0.25, -0.2) is 13.2 Å². The minimum Gasteiger partial charge on any atom is -0.481 e. The maximum Gasteiger partial charge on any atom is 0.331 e. The molecule has 0 amide bonds. The lowest BCUT2D eigenvalue weighted by molar-refractivity contribution is -0.141. The molecular formula is C14H16O6S. The summed E-state index contributed by atoms with van der Waals surface area (Å²) in [7, 11) is -3.69. The summed E-state index contributed by atoms with van der Waals surface area (Å²) in [5, 5.41) is 9.18. The molecule has 6 nitrogen and oxygen atoms in total. The number of carbonyl (C=O) groups excluding carboxylic acids is 1. The molecule has 0 radical (unpaired) electrons. The number of benzene rings is 1. The van der Waals surface area contributed by atoms with Gasteiger partial charge in [0.2, 0.25) is 0 Å². The second-order valence-electron chi connectivity index (χ2n) is 4.33. The van der Waals surface area contributed by atoms with E-state index in [1.54, 1.807) is 12.1 Å². The van der Waals surface area contributed by atoms with Crippen LogP contribution < -0.4 is 0 Å². The molecule has 7 heteroatoms. The van der Waals surface area contributed by atoms with Crippen molar-refractivity contribution in [2.75, 3.05) is 6.61 Å². The highest BCUT2D eigenvalue weighted by molar-refractivity contribution is 7.94. The second kappa shape index (κ2) is 7.58. The molecule has 0 bridgehead atoms. The van der Waals surface area contributed by atoms with Crippen molar-refractivity contribution in [2.24, 2.45) is 0 Å². The van der Waals surface area contributed by atoms with Gasteiger partial charge in [-0.15, -0.1) is 0 Å².